The predicted molar refractivity (Wildman–Crippen MR) is 80.8 cm³/mol. The molecule has 5 nitrogen and oxygen atoms in total. The van der Waals surface area contributed by atoms with Gasteiger partial charge in [0.25, 0.3) is 0 Å². The Hall–Kier alpha value is -1.26. The summed E-state index contributed by atoms with van der Waals surface area (Å²) in [4.78, 5) is 22.4. The summed E-state index contributed by atoms with van der Waals surface area (Å²) in [6, 6.07) is -0.263. The maximum absolute atomic E-state index is 11.5. The molecule has 0 fully saturated rings. The Morgan fingerprint density at radius 2 is 1.60 bits per heavy atom. The van der Waals surface area contributed by atoms with Crippen molar-refractivity contribution in [3.63, 3.8) is 0 Å². The molecule has 0 aromatic rings. The number of carboxylic acids is 1. The van der Waals surface area contributed by atoms with Crippen LogP contribution >= 0.6 is 0 Å². The molecule has 1 atom stereocenters. The quantitative estimate of drug-likeness (QED) is 0.482. The number of hydrogen-bond donors (Lipinski definition) is 3. The van der Waals surface area contributed by atoms with Crippen LogP contribution in [0.3, 0.4) is 0 Å². The molecule has 0 aromatic carbocycles. The van der Waals surface area contributed by atoms with Gasteiger partial charge >= 0.3 is 12.0 Å². The molecule has 0 aliphatic heterocycles. The summed E-state index contributed by atoms with van der Waals surface area (Å²) in [5, 5.41) is 14.4. The maximum atomic E-state index is 11.5. The van der Waals surface area contributed by atoms with Crippen LogP contribution in [-0.2, 0) is 4.79 Å². The summed E-state index contributed by atoms with van der Waals surface area (Å²) in [5.74, 6) is -1.33. The summed E-state index contributed by atoms with van der Waals surface area (Å²) >= 11 is 0. The third kappa shape index (κ3) is 10.6. The van der Waals surface area contributed by atoms with Crippen LogP contribution in [0.1, 0.15) is 65.2 Å². The number of aliphatic carboxylic acids is 1. The van der Waals surface area contributed by atoms with E-state index in [0.29, 0.717) is 13.0 Å². The van der Waals surface area contributed by atoms with Crippen molar-refractivity contribution in [1.29, 1.82) is 0 Å². The van der Waals surface area contributed by atoms with E-state index in [1.807, 2.05) is 6.92 Å². The van der Waals surface area contributed by atoms with Crippen molar-refractivity contribution in [2.24, 2.45) is 5.92 Å². The number of carbonyl (C=O) groups is 2. The van der Waals surface area contributed by atoms with Gasteiger partial charge in [0.1, 0.15) is 0 Å². The van der Waals surface area contributed by atoms with Crippen LogP contribution in [0.25, 0.3) is 0 Å². The summed E-state index contributed by atoms with van der Waals surface area (Å²) < 4.78 is 0. The van der Waals surface area contributed by atoms with Gasteiger partial charge in [-0.2, -0.15) is 0 Å². The van der Waals surface area contributed by atoms with Crippen molar-refractivity contribution < 1.29 is 14.7 Å². The third-order valence-corrected chi connectivity index (χ3v) is 3.31. The van der Waals surface area contributed by atoms with E-state index in [2.05, 4.69) is 17.6 Å². The van der Waals surface area contributed by atoms with Gasteiger partial charge in [0.15, 0.2) is 0 Å². The lowest BCUT2D eigenvalue weighted by Crippen LogP contribution is -2.40. The fourth-order valence-electron chi connectivity index (χ4n) is 2.05. The Kier molecular flexibility index (Phi) is 12.0. The van der Waals surface area contributed by atoms with E-state index >= 15 is 0 Å². The van der Waals surface area contributed by atoms with Gasteiger partial charge in [0, 0.05) is 13.1 Å². The summed E-state index contributed by atoms with van der Waals surface area (Å²) in [7, 11) is 0. The second-order valence-electron chi connectivity index (χ2n) is 5.23. The van der Waals surface area contributed by atoms with E-state index in [0.717, 1.165) is 19.3 Å². The number of amides is 2. The fourth-order valence-corrected chi connectivity index (χ4v) is 2.05. The topological polar surface area (TPSA) is 78.4 Å². The average Bonchev–Trinajstić information content (AvgIpc) is 2.42. The fraction of sp³-hybridized carbons (Fsp3) is 0.867. The lowest BCUT2D eigenvalue weighted by Gasteiger charge is -2.13. The first-order chi connectivity index (χ1) is 9.61. The van der Waals surface area contributed by atoms with Gasteiger partial charge in [-0.25, -0.2) is 4.79 Å². The minimum atomic E-state index is -0.844. The van der Waals surface area contributed by atoms with Crippen LogP contribution in [-0.4, -0.2) is 30.2 Å². The highest BCUT2D eigenvalue weighted by Gasteiger charge is 2.16. The smallest absolute Gasteiger partial charge is 0.314 e. The van der Waals surface area contributed by atoms with Gasteiger partial charge in [-0.15, -0.1) is 0 Å². The normalized spacial score (nSPS) is 11.9. The van der Waals surface area contributed by atoms with Crippen LogP contribution in [0, 0.1) is 5.92 Å². The Morgan fingerprint density at radius 1 is 0.950 bits per heavy atom. The van der Waals surface area contributed by atoms with Crippen LogP contribution in [0.15, 0.2) is 0 Å². The molecule has 5 heteroatoms. The molecule has 0 saturated heterocycles. The van der Waals surface area contributed by atoms with E-state index in [1.54, 1.807) is 0 Å². The van der Waals surface area contributed by atoms with Crippen molar-refractivity contribution in [1.82, 2.24) is 10.6 Å². The van der Waals surface area contributed by atoms with Crippen molar-refractivity contribution in [2.45, 2.75) is 65.2 Å². The lowest BCUT2D eigenvalue weighted by atomic mass is 10.0. The molecule has 0 heterocycles. The third-order valence-electron chi connectivity index (χ3n) is 3.31. The average molecular weight is 286 g/mol. The number of urea groups is 1. The van der Waals surface area contributed by atoms with Gasteiger partial charge in [-0.05, 0) is 12.8 Å². The highest BCUT2D eigenvalue weighted by molar-refractivity contribution is 5.75. The van der Waals surface area contributed by atoms with Crippen molar-refractivity contribution in [3.05, 3.63) is 0 Å². The van der Waals surface area contributed by atoms with E-state index in [-0.39, 0.29) is 12.6 Å². The molecule has 0 rings (SSSR count). The van der Waals surface area contributed by atoms with Crippen molar-refractivity contribution in [3.8, 4) is 0 Å². The molecule has 0 aromatic heterocycles. The number of hydrogen-bond acceptors (Lipinski definition) is 2. The van der Waals surface area contributed by atoms with Gasteiger partial charge in [-0.1, -0.05) is 52.4 Å². The zero-order valence-electron chi connectivity index (χ0n) is 12.9. The Bertz CT molecular complexity index is 270. The molecule has 0 saturated carbocycles. The maximum Gasteiger partial charge on any atom is 0.314 e. The summed E-state index contributed by atoms with van der Waals surface area (Å²) in [6.45, 7) is 4.98. The minimum absolute atomic E-state index is 0.200. The van der Waals surface area contributed by atoms with Crippen molar-refractivity contribution >= 4 is 12.0 Å². The van der Waals surface area contributed by atoms with Gasteiger partial charge in [0.05, 0.1) is 5.92 Å². The number of carboxylic acid groups (broad SMARTS) is 1. The minimum Gasteiger partial charge on any atom is -0.481 e. The Balaban J connectivity index is 3.55. The van der Waals surface area contributed by atoms with Crippen LogP contribution in [0.2, 0.25) is 0 Å². The standard InChI is InChI=1S/C15H30N2O3/c1-3-5-6-7-8-9-11-16-15(20)17-12-13(10-4-2)14(18)19/h13H,3-12H2,1-2H3,(H,18,19)(H2,16,17,20). The number of nitrogens with one attached hydrogen (secondary N) is 2. The number of carbonyl (C=O) groups excluding carboxylic acids is 1. The van der Waals surface area contributed by atoms with Crippen LogP contribution < -0.4 is 10.6 Å². The van der Waals surface area contributed by atoms with E-state index in [1.165, 1.54) is 25.7 Å². The molecule has 0 spiro atoms. The van der Waals surface area contributed by atoms with Crippen LogP contribution in [0.5, 0.6) is 0 Å². The molecule has 0 radical (unpaired) electrons. The SMILES string of the molecule is CCCCCCCCNC(=O)NCC(CCC)C(=O)O. The predicted octanol–water partition coefficient (Wildman–Crippen LogP) is 3.15. The molecule has 118 valence electrons. The first-order valence-electron chi connectivity index (χ1n) is 7.86. The largest absolute Gasteiger partial charge is 0.481 e. The zero-order chi connectivity index (χ0) is 15.2. The molecular formula is C15H30N2O3. The lowest BCUT2D eigenvalue weighted by molar-refractivity contribution is -0.141. The first-order valence-corrected chi connectivity index (χ1v) is 7.86. The first kappa shape index (κ1) is 18.7. The second-order valence-corrected chi connectivity index (χ2v) is 5.23. The monoisotopic (exact) mass is 286 g/mol. The molecule has 0 aliphatic rings. The molecular weight excluding hydrogens is 256 g/mol. The Morgan fingerprint density at radius 3 is 2.20 bits per heavy atom. The number of rotatable bonds is 12. The molecule has 1 unspecified atom stereocenters. The van der Waals surface area contributed by atoms with Gasteiger partial charge in [0.2, 0.25) is 0 Å². The highest BCUT2D eigenvalue weighted by Crippen LogP contribution is 2.05. The highest BCUT2D eigenvalue weighted by atomic mass is 16.4. The molecule has 0 bridgehead atoms. The number of unbranched alkanes of at least 4 members (excludes halogenated alkanes) is 5. The van der Waals surface area contributed by atoms with Gasteiger partial charge in [-0.3, -0.25) is 4.79 Å². The Labute approximate surface area is 122 Å². The zero-order valence-corrected chi connectivity index (χ0v) is 12.9. The van der Waals surface area contributed by atoms with Crippen LogP contribution in [0.4, 0.5) is 4.79 Å². The van der Waals surface area contributed by atoms with E-state index in [4.69, 9.17) is 5.11 Å². The molecule has 3 N–H and O–H groups in total. The summed E-state index contributed by atoms with van der Waals surface area (Å²) in [6.07, 6.45) is 8.51. The molecule has 2 amide bonds. The van der Waals surface area contributed by atoms with Crippen molar-refractivity contribution in [2.75, 3.05) is 13.1 Å². The molecule has 0 aliphatic carbocycles. The van der Waals surface area contributed by atoms with E-state index < -0.39 is 11.9 Å². The molecule has 20 heavy (non-hydrogen) atoms. The second kappa shape index (κ2) is 12.8. The summed E-state index contributed by atoms with van der Waals surface area (Å²) in [5.41, 5.74) is 0. The van der Waals surface area contributed by atoms with E-state index in [9.17, 15) is 9.59 Å². The van der Waals surface area contributed by atoms with Gasteiger partial charge < -0.3 is 15.7 Å².